The molecule has 3 aromatic rings. The third kappa shape index (κ3) is 3.56. The third-order valence-electron chi connectivity index (χ3n) is 3.32. The van der Waals surface area contributed by atoms with Crippen molar-refractivity contribution in [2.75, 3.05) is 5.32 Å². The molecule has 0 aliphatic heterocycles. The number of thiazole rings is 1. The van der Waals surface area contributed by atoms with Crippen molar-refractivity contribution < 1.29 is 4.79 Å². The Bertz CT molecular complexity index is 714. The van der Waals surface area contributed by atoms with E-state index < -0.39 is 0 Å². The molecule has 0 radical (unpaired) electrons. The van der Waals surface area contributed by atoms with E-state index in [0.717, 1.165) is 11.3 Å². The molecule has 1 unspecified atom stereocenters. The predicted molar refractivity (Wildman–Crippen MR) is 87.9 cm³/mol. The SMILES string of the molecule is O=C(Nc1nccs1)C(Cc1ccccn1)c1ccccc1. The zero-order valence-electron chi connectivity index (χ0n) is 11.8. The van der Waals surface area contributed by atoms with E-state index in [4.69, 9.17) is 0 Å². The molecule has 0 spiro atoms. The summed E-state index contributed by atoms with van der Waals surface area (Å²) in [6.07, 6.45) is 3.98. The van der Waals surface area contributed by atoms with E-state index in [9.17, 15) is 4.79 Å². The monoisotopic (exact) mass is 309 g/mol. The second-order valence-electron chi connectivity index (χ2n) is 4.81. The molecular formula is C17H15N3OS. The maximum atomic E-state index is 12.6. The number of carbonyl (C=O) groups excluding carboxylic acids is 1. The number of hydrogen-bond donors (Lipinski definition) is 1. The fourth-order valence-electron chi connectivity index (χ4n) is 2.25. The summed E-state index contributed by atoms with van der Waals surface area (Å²) < 4.78 is 0. The minimum Gasteiger partial charge on any atom is -0.301 e. The van der Waals surface area contributed by atoms with Gasteiger partial charge in [-0.3, -0.25) is 9.78 Å². The lowest BCUT2D eigenvalue weighted by molar-refractivity contribution is -0.117. The molecule has 22 heavy (non-hydrogen) atoms. The zero-order chi connectivity index (χ0) is 15.2. The van der Waals surface area contributed by atoms with Crippen LogP contribution in [-0.2, 0) is 11.2 Å². The first-order valence-electron chi connectivity index (χ1n) is 6.98. The van der Waals surface area contributed by atoms with Crippen LogP contribution in [0.3, 0.4) is 0 Å². The van der Waals surface area contributed by atoms with Gasteiger partial charge >= 0.3 is 0 Å². The lowest BCUT2D eigenvalue weighted by Gasteiger charge is -2.16. The van der Waals surface area contributed by atoms with Gasteiger partial charge in [0.25, 0.3) is 0 Å². The number of benzene rings is 1. The van der Waals surface area contributed by atoms with Gasteiger partial charge in [0, 0.05) is 29.9 Å². The van der Waals surface area contributed by atoms with E-state index in [-0.39, 0.29) is 11.8 Å². The minimum absolute atomic E-state index is 0.0631. The molecule has 1 atom stereocenters. The summed E-state index contributed by atoms with van der Waals surface area (Å²) in [6.45, 7) is 0. The second kappa shape index (κ2) is 6.95. The Morgan fingerprint density at radius 3 is 2.55 bits per heavy atom. The Hall–Kier alpha value is -2.53. The number of amides is 1. The van der Waals surface area contributed by atoms with Crippen molar-refractivity contribution >= 4 is 22.4 Å². The van der Waals surface area contributed by atoms with E-state index in [2.05, 4.69) is 15.3 Å². The molecular weight excluding hydrogens is 294 g/mol. The Morgan fingerprint density at radius 1 is 1.05 bits per heavy atom. The summed E-state index contributed by atoms with van der Waals surface area (Å²) in [4.78, 5) is 21.1. The van der Waals surface area contributed by atoms with Crippen molar-refractivity contribution in [1.82, 2.24) is 9.97 Å². The minimum atomic E-state index is -0.292. The molecule has 0 saturated carbocycles. The second-order valence-corrected chi connectivity index (χ2v) is 5.71. The van der Waals surface area contributed by atoms with E-state index >= 15 is 0 Å². The topological polar surface area (TPSA) is 54.9 Å². The summed E-state index contributed by atoms with van der Waals surface area (Å²) in [5.41, 5.74) is 1.87. The van der Waals surface area contributed by atoms with Crippen LogP contribution in [0.25, 0.3) is 0 Å². The highest BCUT2D eigenvalue weighted by atomic mass is 32.1. The van der Waals surface area contributed by atoms with Gasteiger partial charge in [0.1, 0.15) is 0 Å². The van der Waals surface area contributed by atoms with Crippen molar-refractivity contribution in [3.05, 3.63) is 77.6 Å². The van der Waals surface area contributed by atoms with Crippen molar-refractivity contribution in [3.63, 3.8) is 0 Å². The molecule has 0 bridgehead atoms. The van der Waals surface area contributed by atoms with E-state index in [0.29, 0.717) is 11.6 Å². The van der Waals surface area contributed by atoms with Crippen molar-refractivity contribution in [2.45, 2.75) is 12.3 Å². The largest absolute Gasteiger partial charge is 0.301 e. The van der Waals surface area contributed by atoms with Crippen LogP contribution in [0.1, 0.15) is 17.2 Å². The fraction of sp³-hybridized carbons (Fsp3) is 0.118. The number of rotatable bonds is 5. The van der Waals surface area contributed by atoms with Gasteiger partial charge in [-0.05, 0) is 17.7 Å². The Labute approximate surface area is 132 Å². The quantitative estimate of drug-likeness (QED) is 0.785. The highest BCUT2D eigenvalue weighted by Crippen LogP contribution is 2.23. The zero-order valence-corrected chi connectivity index (χ0v) is 12.7. The van der Waals surface area contributed by atoms with Crippen LogP contribution in [0.15, 0.2) is 66.3 Å². The van der Waals surface area contributed by atoms with Gasteiger partial charge in [-0.2, -0.15) is 0 Å². The number of pyridine rings is 1. The number of nitrogens with one attached hydrogen (secondary N) is 1. The highest BCUT2D eigenvalue weighted by Gasteiger charge is 2.22. The maximum Gasteiger partial charge on any atom is 0.234 e. The van der Waals surface area contributed by atoms with Crippen LogP contribution < -0.4 is 5.32 Å². The van der Waals surface area contributed by atoms with Crippen LogP contribution in [0.5, 0.6) is 0 Å². The Balaban J connectivity index is 1.84. The first kappa shape index (κ1) is 14.4. The smallest absolute Gasteiger partial charge is 0.234 e. The van der Waals surface area contributed by atoms with Gasteiger partial charge < -0.3 is 5.32 Å². The first-order chi connectivity index (χ1) is 10.8. The van der Waals surface area contributed by atoms with Crippen molar-refractivity contribution in [2.24, 2.45) is 0 Å². The van der Waals surface area contributed by atoms with E-state index in [1.165, 1.54) is 11.3 Å². The number of hydrogen-bond acceptors (Lipinski definition) is 4. The summed E-state index contributed by atoms with van der Waals surface area (Å²) in [5, 5.41) is 5.34. The molecule has 1 amide bonds. The van der Waals surface area contributed by atoms with Crippen molar-refractivity contribution in [3.8, 4) is 0 Å². The lowest BCUT2D eigenvalue weighted by Crippen LogP contribution is -2.23. The van der Waals surface area contributed by atoms with E-state index in [1.54, 1.807) is 12.4 Å². The fourth-order valence-corrected chi connectivity index (χ4v) is 2.78. The van der Waals surface area contributed by atoms with Crippen LogP contribution in [-0.4, -0.2) is 15.9 Å². The summed E-state index contributed by atoms with van der Waals surface area (Å²) >= 11 is 1.41. The van der Waals surface area contributed by atoms with Gasteiger partial charge in [0.2, 0.25) is 5.91 Å². The van der Waals surface area contributed by atoms with Crippen LogP contribution in [0.2, 0.25) is 0 Å². The maximum absolute atomic E-state index is 12.6. The first-order valence-corrected chi connectivity index (χ1v) is 7.86. The Morgan fingerprint density at radius 2 is 1.86 bits per heavy atom. The number of carbonyl (C=O) groups is 1. The number of aromatic nitrogens is 2. The summed E-state index contributed by atoms with van der Waals surface area (Å²) in [7, 11) is 0. The predicted octanol–water partition coefficient (Wildman–Crippen LogP) is 3.50. The van der Waals surface area contributed by atoms with Crippen LogP contribution in [0, 0.1) is 0 Å². The van der Waals surface area contributed by atoms with Gasteiger partial charge in [-0.25, -0.2) is 4.98 Å². The van der Waals surface area contributed by atoms with Crippen LogP contribution in [0.4, 0.5) is 5.13 Å². The molecule has 1 N–H and O–H groups in total. The standard InChI is InChI=1S/C17H15N3OS/c21-16(20-17-19-10-11-22-17)15(13-6-2-1-3-7-13)12-14-8-4-5-9-18-14/h1-11,15H,12H2,(H,19,20,21). The molecule has 2 aromatic heterocycles. The van der Waals surface area contributed by atoms with Gasteiger partial charge in [0.05, 0.1) is 5.92 Å². The van der Waals surface area contributed by atoms with Crippen LogP contribution >= 0.6 is 11.3 Å². The number of anilines is 1. The molecule has 110 valence electrons. The molecule has 0 fully saturated rings. The Kier molecular flexibility index (Phi) is 4.56. The van der Waals surface area contributed by atoms with Gasteiger partial charge in [-0.15, -0.1) is 11.3 Å². The van der Waals surface area contributed by atoms with Gasteiger partial charge in [-0.1, -0.05) is 36.4 Å². The third-order valence-corrected chi connectivity index (χ3v) is 4.01. The highest BCUT2D eigenvalue weighted by molar-refractivity contribution is 7.13. The molecule has 3 rings (SSSR count). The molecule has 0 saturated heterocycles. The summed E-state index contributed by atoms with van der Waals surface area (Å²) in [6, 6.07) is 15.5. The van der Waals surface area contributed by atoms with Crippen molar-refractivity contribution in [1.29, 1.82) is 0 Å². The normalized spacial score (nSPS) is 11.8. The van der Waals surface area contributed by atoms with Gasteiger partial charge in [0.15, 0.2) is 5.13 Å². The average Bonchev–Trinajstić information content (AvgIpc) is 3.07. The summed E-state index contributed by atoms with van der Waals surface area (Å²) in [5.74, 6) is -0.355. The average molecular weight is 309 g/mol. The number of nitrogens with zero attached hydrogens (tertiary/aromatic N) is 2. The lowest BCUT2D eigenvalue weighted by atomic mass is 9.93. The van der Waals surface area contributed by atoms with E-state index in [1.807, 2.05) is 53.9 Å². The molecule has 5 heteroatoms. The molecule has 0 aliphatic rings. The molecule has 2 heterocycles. The molecule has 0 aliphatic carbocycles. The molecule has 1 aromatic carbocycles. The molecule has 4 nitrogen and oxygen atoms in total.